The molecule has 19 heavy (non-hydrogen) atoms. The van der Waals surface area contributed by atoms with Gasteiger partial charge in [-0.1, -0.05) is 0 Å². The van der Waals surface area contributed by atoms with Gasteiger partial charge in [-0.3, -0.25) is 4.79 Å². The minimum atomic E-state index is -0.449. The van der Waals surface area contributed by atoms with E-state index in [9.17, 15) is 15.0 Å². The van der Waals surface area contributed by atoms with Crippen molar-refractivity contribution in [1.82, 2.24) is 0 Å². The van der Waals surface area contributed by atoms with E-state index in [1.807, 2.05) is 0 Å². The van der Waals surface area contributed by atoms with Gasteiger partial charge in [0.15, 0.2) is 21.9 Å². The molecule has 0 saturated heterocycles. The number of furan rings is 1. The second-order valence-electron chi connectivity index (χ2n) is 3.89. The van der Waals surface area contributed by atoms with Crippen LogP contribution < -0.4 is 4.74 Å². The maximum absolute atomic E-state index is 12.0. The first-order valence-corrected chi connectivity index (χ1v) is 6.10. The van der Waals surface area contributed by atoms with Crippen molar-refractivity contribution in [2.75, 3.05) is 0 Å². The van der Waals surface area contributed by atoms with Crippen LogP contribution in [0.3, 0.4) is 0 Å². The van der Waals surface area contributed by atoms with Crippen LogP contribution in [0.25, 0.3) is 6.08 Å². The number of fused-ring (bicyclic) bond motifs is 1. The van der Waals surface area contributed by atoms with E-state index in [-0.39, 0.29) is 28.6 Å². The molecule has 0 saturated carbocycles. The van der Waals surface area contributed by atoms with Crippen LogP contribution in [0.1, 0.15) is 16.1 Å². The number of hydrogen-bond donors (Lipinski definition) is 2. The zero-order chi connectivity index (χ0) is 13.6. The zero-order valence-corrected chi connectivity index (χ0v) is 11.0. The van der Waals surface area contributed by atoms with Crippen molar-refractivity contribution in [2.45, 2.75) is 0 Å². The highest BCUT2D eigenvalue weighted by molar-refractivity contribution is 9.10. The predicted molar refractivity (Wildman–Crippen MR) is 69.1 cm³/mol. The molecule has 0 bridgehead atoms. The molecule has 1 aliphatic rings. The number of rotatable bonds is 1. The van der Waals surface area contributed by atoms with Gasteiger partial charge in [0.05, 0.1) is 5.56 Å². The third-order valence-corrected chi connectivity index (χ3v) is 3.08. The Morgan fingerprint density at radius 3 is 2.63 bits per heavy atom. The van der Waals surface area contributed by atoms with Crippen LogP contribution in [0, 0.1) is 0 Å². The molecular formula is C13H7BrO5. The van der Waals surface area contributed by atoms with Crippen LogP contribution >= 0.6 is 15.9 Å². The van der Waals surface area contributed by atoms with Crippen molar-refractivity contribution in [2.24, 2.45) is 0 Å². The molecular weight excluding hydrogens is 316 g/mol. The number of benzene rings is 1. The predicted octanol–water partition coefficient (Wildman–Crippen LogP) is 3.07. The minimum absolute atomic E-state index is 0.0257. The summed E-state index contributed by atoms with van der Waals surface area (Å²) in [5, 5.41) is 19.0. The molecule has 0 atom stereocenters. The Morgan fingerprint density at radius 2 is 1.95 bits per heavy atom. The molecule has 1 aliphatic heterocycles. The summed E-state index contributed by atoms with van der Waals surface area (Å²) in [5.41, 5.74) is 0.201. The molecule has 2 N–H and O–H groups in total. The normalized spacial score (nSPS) is 15.6. The second kappa shape index (κ2) is 4.17. The molecule has 2 heterocycles. The number of phenols is 2. The van der Waals surface area contributed by atoms with E-state index < -0.39 is 5.75 Å². The maximum atomic E-state index is 12.0. The largest absolute Gasteiger partial charge is 0.504 e. The van der Waals surface area contributed by atoms with Crippen LogP contribution in [0.5, 0.6) is 17.2 Å². The quantitative estimate of drug-likeness (QED) is 0.623. The Balaban J connectivity index is 2.04. The number of phenolic OH excluding ortho intramolecular Hbond substituents is 2. The number of allylic oxidation sites excluding steroid dienone is 1. The lowest BCUT2D eigenvalue weighted by atomic mass is 10.1. The van der Waals surface area contributed by atoms with Crippen LogP contribution in [0.2, 0.25) is 0 Å². The monoisotopic (exact) mass is 322 g/mol. The highest BCUT2D eigenvalue weighted by atomic mass is 79.9. The molecule has 0 amide bonds. The number of carbonyl (C=O) groups excluding carboxylic acids is 1. The van der Waals surface area contributed by atoms with E-state index in [1.165, 1.54) is 18.2 Å². The van der Waals surface area contributed by atoms with Gasteiger partial charge >= 0.3 is 0 Å². The molecule has 96 valence electrons. The van der Waals surface area contributed by atoms with E-state index in [4.69, 9.17) is 9.15 Å². The number of ketones is 1. The average molecular weight is 323 g/mol. The fourth-order valence-corrected chi connectivity index (χ4v) is 2.08. The Hall–Kier alpha value is -2.21. The SMILES string of the molecule is O=C1/C(=C/c2ccc(Br)o2)Oc2c1ccc(O)c2O. The third kappa shape index (κ3) is 1.90. The van der Waals surface area contributed by atoms with Crippen LogP contribution in [-0.4, -0.2) is 16.0 Å². The van der Waals surface area contributed by atoms with Crippen molar-refractivity contribution in [3.63, 3.8) is 0 Å². The smallest absolute Gasteiger partial charge is 0.232 e. The average Bonchev–Trinajstić information content (AvgIpc) is 2.91. The van der Waals surface area contributed by atoms with Gasteiger partial charge in [0.2, 0.25) is 11.5 Å². The van der Waals surface area contributed by atoms with Gasteiger partial charge in [0.1, 0.15) is 5.76 Å². The van der Waals surface area contributed by atoms with Crippen LogP contribution in [0.4, 0.5) is 0 Å². The van der Waals surface area contributed by atoms with E-state index in [2.05, 4.69) is 15.9 Å². The fraction of sp³-hybridized carbons (Fsp3) is 0. The summed E-state index contributed by atoms with van der Waals surface area (Å²) in [6.07, 6.45) is 1.42. The lowest BCUT2D eigenvalue weighted by Gasteiger charge is -2.02. The number of carbonyl (C=O) groups is 1. The van der Waals surface area contributed by atoms with Crippen LogP contribution in [0.15, 0.2) is 39.1 Å². The number of halogens is 1. The summed E-state index contributed by atoms with van der Waals surface area (Å²) in [6.45, 7) is 0. The van der Waals surface area contributed by atoms with Crippen molar-refractivity contribution in [3.8, 4) is 17.2 Å². The Morgan fingerprint density at radius 1 is 1.16 bits per heavy atom. The first kappa shape index (κ1) is 11.9. The summed E-state index contributed by atoms with van der Waals surface area (Å²) in [4.78, 5) is 12.0. The third-order valence-electron chi connectivity index (χ3n) is 2.66. The van der Waals surface area contributed by atoms with Gasteiger partial charge < -0.3 is 19.4 Å². The number of Topliss-reactive ketones (excluding diaryl/α,β-unsaturated/α-hetero) is 1. The molecule has 5 nitrogen and oxygen atoms in total. The lowest BCUT2D eigenvalue weighted by molar-refractivity contribution is 0.101. The Bertz CT molecular complexity index is 714. The molecule has 0 aliphatic carbocycles. The summed E-state index contributed by atoms with van der Waals surface area (Å²) in [5.74, 6) is -0.743. The maximum Gasteiger partial charge on any atom is 0.232 e. The molecule has 2 aromatic rings. The van der Waals surface area contributed by atoms with E-state index in [0.717, 1.165) is 0 Å². The molecule has 0 unspecified atom stereocenters. The molecule has 3 rings (SSSR count). The first-order chi connectivity index (χ1) is 9.06. The number of ether oxygens (including phenoxy) is 1. The second-order valence-corrected chi connectivity index (χ2v) is 4.67. The van der Waals surface area contributed by atoms with E-state index in [1.54, 1.807) is 12.1 Å². The highest BCUT2D eigenvalue weighted by Crippen LogP contribution is 2.44. The summed E-state index contributed by atoms with van der Waals surface area (Å²) < 4.78 is 11.0. The minimum Gasteiger partial charge on any atom is -0.504 e. The van der Waals surface area contributed by atoms with Gasteiger partial charge in [-0.15, -0.1) is 0 Å². The van der Waals surface area contributed by atoms with Gasteiger partial charge in [-0.2, -0.15) is 0 Å². The van der Waals surface area contributed by atoms with Crippen molar-refractivity contribution < 1.29 is 24.2 Å². The van der Waals surface area contributed by atoms with Gasteiger partial charge in [0.25, 0.3) is 0 Å². The van der Waals surface area contributed by atoms with Crippen molar-refractivity contribution in [1.29, 1.82) is 0 Å². The molecule has 1 aromatic heterocycles. The Kier molecular flexibility index (Phi) is 2.60. The first-order valence-electron chi connectivity index (χ1n) is 5.31. The summed E-state index contributed by atoms with van der Waals surface area (Å²) in [6, 6.07) is 5.98. The molecule has 0 spiro atoms. The molecule has 0 fully saturated rings. The van der Waals surface area contributed by atoms with Crippen molar-refractivity contribution >= 4 is 27.8 Å². The molecule has 6 heteroatoms. The van der Waals surface area contributed by atoms with Gasteiger partial charge in [-0.05, 0) is 40.2 Å². The lowest BCUT2D eigenvalue weighted by Crippen LogP contribution is -1.97. The summed E-state index contributed by atoms with van der Waals surface area (Å²) >= 11 is 3.15. The highest BCUT2D eigenvalue weighted by Gasteiger charge is 2.31. The topological polar surface area (TPSA) is 79.9 Å². The summed E-state index contributed by atoms with van der Waals surface area (Å²) in [7, 11) is 0. The van der Waals surface area contributed by atoms with Gasteiger partial charge in [-0.25, -0.2) is 0 Å². The number of hydrogen-bond acceptors (Lipinski definition) is 5. The van der Waals surface area contributed by atoms with Crippen molar-refractivity contribution in [3.05, 3.63) is 46.0 Å². The van der Waals surface area contributed by atoms with Gasteiger partial charge in [0, 0.05) is 6.08 Å². The van der Waals surface area contributed by atoms with Crippen LogP contribution in [-0.2, 0) is 0 Å². The zero-order valence-electron chi connectivity index (χ0n) is 9.38. The number of aromatic hydroxyl groups is 2. The standard InChI is InChI=1S/C13H7BrO5/c14-10-4-1-6(18-10)5-9-11(16)7-2-3-8(15)12(17)13(7)19-9/h1-5,15,17H/b9-5-. The molecule has 1 aromatic carbocycles. The van der Waals surface area contributed by atoms with E-state index >= 15 is 0 Å². The Labute approximate surface area is 115 Å². The van der Waals surface area contributed by atoms with E-state index in [0.29, 0.717) is 10.4 Å². The fourth-order valence-electron chi connectivity index (χ4n) is 1.76. The molecule has 0 radical (unpaired) electrons.